The van der Waals surface area contributed by atoms with E-state index in [-0.39, 0.29) is 11.6 Å². The van der Waals surface area contributed by atoms with E-state index < -0.39 is 0 Å². The van der Waals surface area contributed by atoms with Gasteiger partial charge in [0.25, 0.3) is 0 Å². The SMILES string of the molecule is Cn1cnc(CN2CC[C@@]3(CCCN3CCc3ccccc3)[C@@H](O)C2)c1. The molecule has 2 fully saturated rings. The molecule has 2 atom stereocenters. The summed E-state index contributed by atoms with van der Waals surface area (Å²) in [6.07, 6.45) is 8.07. The quantitative estimate of drug-likeness (QED) is 0.893. The van der Waals surface area contributed by atoms with Crippen LogP contribution in [-0.4, -0.2) is 62.3 Å². The first kappa shape index (κ1) is 17.7. The predicted octanol–water partition coefficient (Wildman–Crippen LogP) is 2.06. The van der Waals surface area contributed by atoms with Gasteiger partial charge in [0.05, 0.1) is 18.1 Å². The topological polar surface area (TPSA) is 44.5 Å². The van der Waals surface area contributed by atoms with Crippen molar-refractivity contribution in [3.05, 3.63) is 54.1 Å². The van der Waals surface area contributed by atoms with Crippen molar-refractivity contribution in [2.75, 3.05) is 26.2 Å². The van der Waals surface area contributed by atoms with E-state index in [4.69, 9.17) is 0 Å². The van der Waals surface area contributed by atoms with E-state index in [1.54, 1.807) is 0 Å². The van der Waals surface area contributed by atoms with Gasteiger partial charge in [0.15, 0.2) is 0 Å². The second-order valence-corrected chi connectivity index (χ2v) is 7.96. The largest absolute Gasteiger partial charge is 0.390 e. The van der Waals surface area contributed by atoms with Crippen LogP contribution < -0.4 is 0 Å². The fourth-order valence-corrected chi connectivity index (χ4v) is 4.81. The van der Waals surface area contributed by atoms with E-state index in [0.717, 1.165) is 57.7 Å². The summed E-state index contributed by atoms with van der Waals surface area (Å²) in [6, 6.07) is 10.7. The number of nitrogens with zero attached hydrogens (tertiary/aromatic N) is 4. The number of aliphatic hydroxyl groups excluding tert-OH is 1. The Morgan fingerprint density at radius 2 is 2.04 bits per heavy atom. The molecular formula is C21H30N4O. The molecular weight excluding hydrogens is 324 g/mol. The van der Waals surface area contributed by atoms with E-state index in [9.17, 15) is 5.11 Å². The van der Waals surface area contributed by atoms with E-state index in [2.05, 4.69) is 51.3 Å². The molecule has 0 radical (unpaired) electrons. The second kappa shape index (κ2) is 7.51. The lowest BCUT2D eigenvalue weighted by atomic mass is 9.82. The van der Waals surface area contributed by atoms with Gasteiger partial charge in [0, 0.05) is 45.0 Å². The molecule has 2 aliphatic heterocycles. The maximum atomic E-state index is 11.1. The molecule has 0 aliphatic carbocycles. The smallest absolute Gasteiger partial charge is 0.0947 e. The molecule has 1 aromatic carbocycles. The highest BCUT2D eigenvalue weighted by molar-refractivity contribution is 5.15. The van der Waals surface area contributed by atoms with Gasteiger partial charge in [-0.1, -0.05) is 30.3 Å². The van der Waals surface area contributed by atoms with Crippen LogP contribution in [0.15, 0.2) is 42.9 Å². The van der Waals surface area contributed by atoms with Crippen LogP contribution >= 0.6 is 0 Å². The van der Waals surface area contributed by atoms with Crippen molar-refractivity contribution in [1.29, 1.82) is 0 Å². The Labute approximate surface area is 156 Å². The summed E-state index contributed by atoms with van der Waals surface area (Å²) in [4.78, 5) is 9.36. The number of piperidine rings is 1. The molecule has 2 saturated heterocycles. The standard InChI is InChI=1S/C21H30N4O/c1-23-14-19(22-17-23)15-24-13-10-21(20(26)16-24)9-5-11-25(21)12-8-18-6-3-2-4-7-18/h2-4,6-7,14,17,20,26H,5,8-13,15-16H2,1H3/t20-,21-/m0/s1. The first-order valence-corrected chi connectivity index (χ1v) is 9.82. The molecule has 4 rings (SSSR count). The zero-order chi connectivity index (χ0) is 18.0. The Balaban J connectivity index is 1.38. The van der Waals surface area contributed by atoms with Crippen molar-refractivity contribution in [2.24, 2.45) is 7.05 Å². The van der Waals surface area contributed by atoms with Gasteiger partial charge < -0.3 is 9.67 Å². The molecule has 0 bridgehead atoms. The van der Waals surface area contributed by atoms with Crippen LogP contribution in [0.25, 0.3) is 0 Å². The summed E-state index contributed by atoms with van der Waals surface area (Å²) in [5.74, 6) is 0. The first-order chi connectivity index (χ1) is 12.7. The zero-order valence-corrected chi connectivity index (χ0v) is 15.7. The first-order valence-electron chi connectivity index (χ1n) is 9.82. The lowest BCUT2D eigenvalue weighted by Crippen LogP contribution is -2.61. The number of benzene rings is 1. The third-order valence-electron chi connectivity index (χ3n) is 6.24. The predicted molar refractivity (Wildman–Crippen MR) is 103 cm³/mol. The van der Waals surface area contributed by atoms with Crippen molar-refractivity contribution >= 4 is 0 Å². The van der Waals surface area contributed by atoms with Crippen molar-refractivity contribution in [3.63, 3.8) is 0 Å². The maximum absolute atomic E-state index is 11.1. The molecule has 1 N–H and O–H groups in total. The minimum Gasteiger partial charge on any atom is -0.390 e. The Hall–Kier alpha value is -1.69. The van der Waals surface area contributed by atoms with Gasteiger partial charge in [-0.3, -0.25) is 9.80 Å². The summed E-state index contributed by atoms with van der Waals surface area (Å²) in [5, 5.41) is 11.1. The summed E-state index contributed by atoms with van der Waals surface area (Å²) < 4.78 is 1.99. The number of aryl methyl sites for hydroxylation is 1. The van der Waals surface area contributed by atoms with E-state index in [1.807, 2.05) is 17.9 Å². The molecule has 2 aromatic rings. The Kier molecular flexibility index (Phi) is 5.11. The van der Waals surface area contributed by atoms with Crippen LogP contribution in [0.3, 0.4) is 0 Å². The molecule has 0 unspecified atom stereocenters. The second-order valence-electron chi connectivity index (χ2n) is 7.96. The number of hydrogen-bond acceptors (Lipinski definition) is 4. The maximum Gasteiger partial charge on any atom is 0.0947 e. The van der Waals surface area contributed by atoms with Crippen molar-refractivity contribution < 1.29 is 5.11 Å². The van der Waals surface area contributed by atoms with Crippen LogP contribution in [0.1, 0.15) is 30.5 Å². The number of likely N-dealkylation sites (tertiary alicyclic amines) is 2. The van der Waals surface area contributed by atoms with Gasteiger partial charge in [0.2, 0.25) is 0 Å². The minimum atomic E-state index is -0.279. The van der Waals surface area contributed by atoms with E-state index >= 15 is 0 Å². The van der Waals surface area contributed by atoms with E-state index in [0.29, 0.717) is 0 Å². The van der Waals surface area contributed by atoms with Gasteiger partial charge in [-0.2, -0.15) is 0 Å². The van der Waals surface area contributed by atoms with Crippen molar-refractivity contribution in [2.45, 2.75) is 43.9 Å². The third kappa shape index (κ3) is 3.56. The Bertz CT molecular complexity index is 716. The number of hydrogen-bond donors (Lipinski definition) is 1. The monoisotopic (exact) mass is 354 g/mol. The molecule has 1 spiro atoms. The van der Waals surface area contributed by atoms with Crippen molar-refractivity contribution in [3.8, 4) is 0 Å². The van der Waals surface area contributed by atoms with E-state index in [1.165, 1.54) is 12.0 Å². The number of aromatic nitrogens is 2. The van der Waals surface area contributed by atoms with Gasteiger partial charge in [-0.25, -0.2) is 4.98 Å². The number of β-amino-alcohol motifs (C(OH)–C–C–N with tert-alkyl or cyclic N) is 1. The fraction of sp³-hybridized carbons (Fsp3) is 0.571. The average Bonchev–Trinajstić information content (AvgIpc) is 3.24. The summed E-state index contributed by atoms with van der Waals surface area (Å²) >= 11 is 0. The average molecular weight is 354 g/mol. The molecule has 140 valence electrons. The molecule has 2 aliphatic rings. The number of imidazole rings is 1. The molecule has 3 heterocycles. The molecule has 0 saturated carbocycles. The summed E-state index contributed by atoms with van der Waals surface area (Å²) in [7, 11) is 2.00. The van der Waals surface area contributed by atoms with Crippen LogP contribution in [0, 0.1) is 0 Å². The zero-order valence-electron chi connectivity index (χ0n) is 15.7. The molecule has 0 amide bonds. The van der Waals surface area contributed by atoms with Gasteiger partial charge in [-0.05, 0) is 37.8 Å². The Morgan fingerprint density at radius 3 is 2.77 bits per heavy atom. The van der Waals surface area contributed by atoms with Crippen LogP contribution in [-0.2, 0) is 20.0 Å². The van der Waals surface area contributed by atoms with Gasteiger partial charge >= 0.3 is 0 Å². The van der Waals surface area contributed by atoms with Crippen LogP contribution in [0.5, 0.6) is 0 Å². The highest BCUT2D eigenvalue weighted by Gasteiger charge is 2.48. The lowest BCUT2D eigenvalue weighted by molar-refractivity contribution is -0.0651. The molecule has 5 heteroatoms. The van der Waals surface area contributed by atoms with Gasteiger partial charge in [0.1, 0.15) is 0 Å². The van der Waals surface area contributed by atoms with Crippen molar-refractivity contribution in [1.82, 2.24) is 19.4 Å². The summed E-state index contributed by atoms with van der Waals surface area (Å²) in [6.45, 7) is 4.78. The molecule has 26 heavy (non-hydrogen) atoms. The minimum absolute atomic E-state index is 0.0185. The Morgan fingerprint density at radius 1 is 1.19 bits per heavy atom. The third-order valence-corrected chi connectivity index (χ3v) is 6.24. The summed E-state index contributed by atoms with van der Waals surface area (Å²) in [5.41, 5.74) is 2.45. The van der Waals surface area contributed by atoms with Crippen LogP contribution in [0.4, 0.5) is 0 Å². The van der Waals surface area contributed by atoms with Crippen LogP contribution in [0.2, 0.25) is 0 Å². The fourth-order valence-electron chi connectivity index (χ4n) is 4.81. The van der Waals surface area contributed by atoms with Gasteiger partial charge in [-0.15, -0.1) is 0 Å². The lowest BCUT2D eigenvalue weighted by Gasteiger charge is -2.48. The number of rotatable bonds is 5. The number of aliphatic hydroxyl groups is 1. The molecule has 5 nitrogen and oxygen atoms in total. The normalized spacial score (nSPS) is 27.4. The highest BCUT2D eigenvalue weighted by Crippen LogP contribution is 2.39. The highest BCUT2D eigenvalue weighted by atomic mass is 16.3. The molecule has 1 aromatic heterocycles.